The summed E-state index contributed by atoms with van der Waals surface area (Å²) in [5.41, 5.74) is 15.2. The molecule has 0 fully saturated rings. The Labute approximate surface area is 332 Å². The van der Waals surface area contributed by atoms with Crippen molar-refractivity contribution in [3.63, 3.8) is 0 Å². The Balaban J connectivity index is 1.61. The number of H-pyrrole nitrogens is 2. The van der Waals surface area contributed by atoms with E-state index in [1.807, 2.05) is 18.2 Å². The number of hydrogen-bond donors (Lipinski definition) is 2. The van der Waals surface area contributed by atoms with Gasteiger partial charge in [0, 0.05) is 34.6 Å². The SMILES string of the molecule is CC(=O)Oc1c2nc(c(-c3cc(C(C)(C)C)cc(C(C)(C)C)c3)c3ccc(cc4nc(c(-c5cc(C(C)(C)C)cc(C(C)(C)C)c5)c5ccc1[nH]5)C=C4)[nH]3)C=C2. The van der Waals surface area contributed by atoms with Gasteiger partial charge in [-0.2, -0.15) is 0 Å². The Hall–Kier alpha value is -5.49. The predicted molar refractivity (Wildman–Crippen MR) is 236 cm³/mol. The second-order valence-electron chi connectivity index (χ2n) is 19.5. The Morgan fingerprint density at radius 3 is 1.43 bits per heavy atom. The van der Waals surface area contributed by atoms with E-state index in [9.17, 15) is 4.79 Å². The second-order valence-corrected chi connectivity index (χ2v) is 19.5. The fraction of sp³-hybridized carbons (Fsp3) is 0.340. The monoisotopic (exact) mass is 744 g/mol. The lowest BCUT2D eigenvalue weighted by molar-refractivity contribution is -0.131. The molecule has 2 aliphatic rings. The number of benzene rings is 2. The molecule has 3 aromatic heterocycles. The van der Waals surface area contributed by atoms with Gasteiger partial charge in [-0.05, 0) is 110 Å². The zero-order valence-corrected chi connectivity index (χ0v) is 35.4. The lowest BCUT2D eigenvalue weighted by Crippen LogP contribution is -2.16. The molecule has 2 N–H and O–H groups in total. The third-order valence-electron chi connectivity index (χ3n) is 10.7. The van der Waals surface area contributed by atoms with Gasteiger partial charge >= 0.3 is 5.97 Å². The van der Waals surface area contributed by atoms with Crippen LogP contribution in [0.3, 0.4) is 0 Å². The van der Waals surface area contributed by atoms with Gasteiger partial charge in [0.25, 0.3) is 0 Å². The zero-order chi connectivity index (χ0) is 40.5. The van der Waals surface area contributed by atoms with Gasteiger partial charge in [0.1, 0.15) is 5.69 Å². The van der Waals surface area contributed by atoms with E-state index >= 15 is 0 Å². The average Bonchev–Trinajstić information content (AvgIpc) is 3.92. The number of carbonyl (C=O) groups excluding carboxylic acids is 1. The van der Waals surface area contributed by atoms with E-state index in [0.29, 0.717) is 17.0 Å². The molecule has 0 radical (unpaired) electrons. The maximum Gasteiger partial charge on any atom is 0.308 e. The maximum atomic E-state index is 12.8. The van der Waals surface area contributed by atoms with Crippen LogP contribution in [0.1, 0.15) is 135 Å². The van der Waals surface area contributed by atoms with E-state index in [2.05, 4.69) is 166 Å². The molecule has 8 bridgehead atoms. The number of hydrogen-bond acceptors (Lipinski definition) is 4. The van der Waals surface area contributed by atoms with Gasteiger partial charge in [-0.15, -0.1) is 0 Å². The zero-order valence-electron chi connectivity index (χ0n) is 35.4. The van der Waals surface area contributed by atoms with Gasteiger partial charge in [0.15, 0.2) is 5.75 Å². The Bertz CT molecular complexity index is 2480. The summed E-state index contributed by atoms with van der Waals surface area (Å²) in [5, 5.41) is 0. The van der Waals surface area contributed by atoms with Crippen LogP contribution in [0, 0.1) is 0 Å². The van der Waals surface area contributed by atoms with Crippen LogP contribution in [-0.4, -0.2) is 25.9 Å². The summed E-state index contributed by atoms with van der Waals surface area (Å²) in [6.45, 7) is 28.5. The highest BCUT2D eigenvalue weighted by Gasteiger charge is 2.25. The lowest BCUT2D eigenvalue weighted by Gasteiger charge is -2.26. The molecule has 0 saturated carbocycles. The van der Waals surface area contributed by atoms with Crippen LogP contribution in [0.5, 0.6) is 5.75 Å². The molecule has 288 valence electrons. The molecule has 6 heteroatoms. The van der Waals surface area contributed by atoms with Crippen LogP contribution in [0.25, 0.3) is 68.6 Å². The van der Waals surface area contributed by atoms with Gasteiger partial charge in [0.05, 0.1) is 22.6 Å². The lowest BCUT2D eigenvalue weighted by atomic mass is 9.78. The molecule has 0 spiro atoms. The molecule has 0 atom stereocenters. The van der Waals surface area contributed by atoms with Crippen LogP contribution < -0.4 is 4.74 Å². The highest BCUT2D eigenvalue weighted by atomic mass is 16.5. The Kier molecular flexibility index (Phi) is 9.43. The van der Waals surface area contributed by atoms with Crippen molar-refractivity contribution in [2.45, 2.75) is 112 Å². The molecular weight excluding hydrogens is 689 g/mol. The van der Waals surface area contributed by atoms with Crippen molar-refractivity contribution in [2.75, 3.05) is 0 Å². The van der Waals surface area contributed by atoms with Crippen LogP contribution in [0.15, 0.2) is 66.7 Å². The molecular formula is C50H56N4O2. The summed E-state index contributed by atoms with van der Waals surface area (Å²) >= 11 is 0. The van der Waals surface area contributed by atoms with Gasteiger partial charge in [-0.3, -0.25) is 4.79 Å². The number of nitrogens with one attached hydrogen (secondary N) is 2. The van der Waals surface area contributed by atoms with Crippen LogP contribution in [0.2, 0.25) is 0 Å². The largest absolute Gasteiger partial charge is 0.422 e. The van der Waals surface area contributed by atoms with Crippen LogP contribution in [-0.2, 0) is 26.5 Å². The number of rotatable bonds is 3. The minimum atomic E-state index is -0.421. The molecule has 0 saturated heterocycles. The van der Waals surface area contributed by atoms with E-state index in [1.165, 1.54) is 29.2 Å². The molecule has 7 rings (SSSR count). The van der Waals surface area contributed by atoms with Crippen molar-refractivity contribution < 1.29 is 9.53 Å². The van der Waals surface area contributed by atoms with Crippen molar-refractivity contribution >= 4 is 52.3 Å². The topological polar surface area (TPSA) is 83.7 Å². The van der Waals surface area contributed by atoms with Crippen molar-refractivity contribution in [2.24, 2.45) is 0 Å². The molecule has 0 aliphatic carbocycles. The first-order valence-corrected chi connectivity index (χ1v) is 19.7. The van der Waals surface area contributed by atoms with Gasteiger partial charge in [-0.1, -0.05) is 119 Å². The third kappa shape index (κ3) is 7.80. The number of ether oxygens (including phenoxy) is 1. The normalized spacial score (nSPS) is 13.4. The van der Waals surface area contributed by atoms with Gasteiger partial charge < -0.3 is 14.7 Å². The molecule has 6 nitrogen and oxygen atoms in total. The van der Waals surface area contributed by atoms with E-state index < -0.39 is 5.97 Å². The summed E-state index contributed by atoms with van der Waals surface area (Å²) in [7, 11) is 0. The minimum Gasteiger partial charge on any atom is -0.422 e. The van der Waals surface area contributed by atoms with Crippen molar-refractivity contribution in [1.29, 1.82) is 0 Å². The number of aromatic nitrogens is 4. The number of nitrogens with zero attached hydrogens (tertiary/aromatic N) is 2. The van der Waals surface area contributed by atoms with Crippen LogP contribution in [0.4, 0.5) is 0 Å². The van der Waals surface area contributed by atoms with Gasteiger partial charge in [-0.25, -0.2) is 9.97 Å². The number of aromatic amines is 2. The van der Waals surface area contributed by atoms with E-state index in [-0.39, 0.29) is 21.7 Å². The quantitative estimate of drug-likeness (QED) is 0.176. The molecule has 5 aromatic rings. The maximum absolute atomic E-state index is 12.8. The summed E-state index contributed by atoms with van der Waals surface area (Å²) in [5.74, 6) is -0.0501. The fourth-order valence-electron chi connectivity index (χ4n) is 7.25. The van der Waals surface area contributed by atoms with Gasteiger partial charge in [0.2, 0.25) is 0 Å². The molecule has 5 heterocycles. The second kappa shape index (κ2) is 13.6. The van der Waals surface area contributed by atoms with Crippen LogP contribution >= 0.6 is 0 Å². The Morgan fingerprint density at radius 2 is 0.929 bits per heavy atom. The highest BCUT2D eigenvalue weighted by Crippen LogP contribution is 2.40. The first-order chi connectivity index (χ1) is 26.0. The number of carbonyl (C=O) groups is 1. The first kappa shape index (κ1) is 38.8. The smallest absolute Gasteiger partial charge is 0.308 e. The first-order valence-electron chi connectivity index (χ1n) is 19.7. The number of esters is 1. The van der Waals surface area contributed by atoms with E-state index in [1.54, 1.807) is 0 Å². The van der Waals surface area contributed by atoms with E-state index in [4.69, 9.17) is 14.7 Å². The summed E-state index contributed by atoms with van der Waals surface area (Å²) in [6.07, 6.45) is 8.13. The molecule has 0 unspecified atom stereocenters. The fourth-order valence-corrected chi connectivity index (χ4v) is 7.25. The van der Waals surface area contributed by atoms with Crippen molar-refractivity contribution in [3.8, 4) is 28.0 Å². The summed E-state index contributed by atoms with van der Waals surface area (Å²) in [4.78, 5) is 30.6. The standard InChI is InChI=1S/C50H56N4O2/c1-29(55)56-46-42-20-18-40(53-42)44(30-22-32(47(2,3)4)26-33(23-30)48(5,6)7)38-16-14-36(51-38)28-37-15-17-39(52-37)45(41-19-21-43(46)54-41)31-24-34(49(8,9)10)27-35(25-31)50(11,12)13/h14-28,51,54H,1-13H3. The molecule has 56 heavy (non-hydrogen) atoms. The molecule has 2 aromatic carbocycles. The van der Waals surface area contributed by atoms with Crippen molar-refractivity contribution in [1.82, 2.24) is 19.9 Å². The average molecular weight is 745 g/mol. The Morgan fingerprint density at radius 1 is 0.500 bits per heavy atom. The highest BCUT2D eigenvalue weighted by molar-refractivity contribution is 5.95. The molecule has 0 amide bonds. The minimum absolute atomic E-state index is 0.0742. The molecule has 2 aliphatic heterocycles. The number of fused-ring (bicyclic) bond motifs is 8. The van der Waals surface area contributed by atoms with Crippen molar-refractivity contribution in [3.05, 3.63) is 112 Å². The third-order valence-corrected chi connectivity index (χ3v) is 10.7. The summed E-state index contributed by atoms with van der Waals surface area (Å²) < 4.78 is 6.02. The predicted octanol–water partition coefficient (Wildman–Crippen LogP) is 13.1. The summed E-state index contributed by atoms with van der Waals surface area (Å²) in [6, 6.07) is 24.2. The van der Waals surface area contributed by atoms with E-state index in [0.717, 1.165) is 55.9 Å².